The summed E-state index contributed by atoms with van der Waals surface area (Å²) >= 11 is 0. The monoisotopic (exact) mass is 458 g/mol. The van der Waals surface area contributed by atoms with Gasteiger partial charge in [-0.25, -0.2) is 14.5 Å². The van der Waals surface area contributed by atoms with Crippen molar-refractivity contribution in [2.45, 2.75) is 20.8 Å². The van der Waals surface area contributed by atoms with E-state index >= 15 is 0 Å². The number of ether oxygens (including phenoxy) is 1. The molecule has 3 heterocycles. The molecule has 3 aromatic rings. The molecular formula is C25H22N4O5. The SMILES string of the molecule is COC(=O)c1ccc(-n2c(C)cc(/C=C3\C(=O)NC(=O)N(c4cccnc4)C3=O)c2C)c(C)c1. The van der Waals surface area contributed by atoms with Gasteiger partial charge in [0.05, 0.1) is 24.6 Å². The van der Waals surface area contributed by atoms with Crippen molar-refractivity contribution in [2.24, 2.45) is 0 Å². The molecular weight excluding hydrogens is 436 g/mol. The second-order valence-electron chi connectivity index (χ2n) is 7.82. The lowest BCUT2D eigenvalue weighted by Crippen LogP contribution is -2.54. The van der Waals surface area contributed by atoms with Crippen molar-refractivity contribution in [3.8, 4) is 5.69 Å². The Morgan fingerprint density at radius 1 is 1.09 bits per heavy atom. The lowest BCUT2D eigenvalue weighted by Gasteiger charge is -2.26. The summed E-state index contributed by atoms with van der Waals surface area (Å²) in [6.45, 7) is 5.65. The first-order chi connectivity index (χ1) is 16.2. The van der Waals surface area contributed by atoms with Crippen molar-refractivity contribution >= 4 is 35.6 Å². The molecule has 34 heavy (non-hydrogen) atoms. The quantitative estimate of drug-likeness (QED) is 0.365. The summed E-state index contributed by atoms with van der Waals surface area (Å²) < 4.78 is 6.76. The van der Waals surface area contributed by atoms with Gasteiger partial charge in [0.15, 0.2) is 0 Å². The zero-order valence-electron chi connectivity index (χ0n) is 19.1. The van der Waals surface area contributed by atoms with Crippen LogP contribution in [0.1, 0.15) is 32.9 Å². The topological polar surface area (TPSA) is 111 Å². The number of amides is 4. The zero-order valence-corrected chi connectivity index (χ0v) is 19.1. The molecule has 0 atom stereocenters. The smallest absolute Gasteiger partial charge is 0.337 e. The fraction of sp³-hybridized carbons (Fsp3) is 0.160. The second kappa shape index (κ2) is 8.78. The fourth-order valence-electron chi connectivity index (χ4n) is 3.99. The third-order valence-corrected chi connectivity index (χ3v) is 5.63. The lowest BCUT2D eigenvalue weighted by atomic mass is 10.1. The van der Waals surface area contributed by atoms with Gasteiger partial charge < -0.3 is 9.30 Å². The van der Waals surface area contributed by atoms with Crippen molar-refractivity contribution in [1.29, 1.82) is 0 Å². The molecule has 0 saturated carbocycles. The Kier molecular flexibility index (Phi) is 5.85. The first-order valence-electron chi connectivity index (χ1n) is 10.4. The molecule has 172 valence electrons. The van der Waals surface area contributed by atoms with Gasteiger partial charge in [0.2, 0.25) is 0 Å². The zero-order chi connectivity index (χ0) is 24.6. The number of nitrogens with zero attached hydrogens (tertiary/aromatic N) is 3. The molecule has 0 radical (unpaired) electrons. The van der Waals surface area contributed by atoms with E-state index in [0.717, 1.165) is 27.5 Å². The molecule has 1 saturated heterocycles. The first-order valence-corrected chi connectivity index (χ1v) is 10.4. The minimum absolute atomic E-state index is 0.165. The number of nitrogens with one attached hydrogen (secondary N) is 1. The number of benzene rings is 1. The highest BCUT2D eigenvalue weighted by Crippen LogP contribution is 2.27. The number of carbonyl (C=O) groups excluding carboxylic acids is 4. The van der Waals surface area contributed by atoms with Gasteiger partial charge in [-0.05, 0) is 74.4 Å². The van der Waals surface area contributed by atoms with Gasteiger partial charge in [0, 0.05) is 23.3 Å². The Hall–Kier alpha value is -4.53. The maximum atomic E-state index is 13.1. The number of methoxy groups -OCH3 is 1. The van der Waals surface area contributed by atoms with Gasteiger partial charge >= 0.3 is 12.0 Å². The molecule has 4 amide bonds. The number of hydrogen-bond donors (Lipinski definition) is 1. The van der Waals surface area contributed by atoms with Crippen LogP contribution in [0.15, 0.2) is 54.4 Å². The summed E-state index contributed by atoms with van der Waals surface area (Å²) in [5, 5.41) is 2.21. The standard InChI is InChI=1S/C25H22N4O5/c1-14-10-17(24(32)34-4)7-8-21(14)28-15(2)11-18(16(28)3)12-20-22(30)27-25(33)29(23(20)31)19-6-5-9-26-13-19/h5-13H,1-4H3,(H,27,30,33)/b20-12+. The molecule has 1 N–H and O–H groups in total. The number of aryl methyl sites for hydroxylation is 2. The molecule has 1 aliphatic rings. The largest absolute Gasteiger partial charge is 0.465 e. The van der Waals surface area contributed by atoms with Crippen LogP contribution in [0.5, 0.6) is 0 Å². The highest BCUT2D eigenvalue weighted by Gasteiger charge is 2.37. The summed E-state index contributed by atoms with van der Waals surface area (Å²) in [6.07, 6.45) is 4.37. The van der Waals surface area contributed by atoms with Gasteiger partial charge in [-0.2, -0.15) is 0 Å². The van der Waals surface area contributed by atoms with E-state index < -0.39 is 23.8 Å². The van der Waals surface area contributed by atoms with Gasteiger partial charge in [0.1, 0.15) is 5.57 Å². The van der Waals surface area contributed by atoms with Gasteiger partial charge in [0.25, 0.3) is 11.8 Å². The van der Waals surface area contributed by atoms with Crippen molar-refractivity contribution in [3.63, 3.8) is 0 Å². The van der Waals surface area contributed by atoms with Crippen molar-refractivity contribution in [2.75, 3.05) is 12.0 Å². The van der Waals surface area contributed by atoms with Gasteiger partial charge in [-0.1, -0.05) is 0 Å². The number of hydrogen-bond acceptors (Lipinski definition) is 6. The number of carbonyl (C=O) groups is 4. The number of esters is 1. The predicted molar refractivity (Wildman–Crippen MR) is 125 cm³/mol. The number of rotatable bonds is 4. The normalized spacial score (nSPS) is 15.0. The van der Waals surface area contributed by atoms with Crippen LogP contribution in [-0.2, 0) is 14.3 Å². The number of barbiturate groups is 1. The van der Waals surface area contributed by atoms with E-state index in [0.29, 0.717) is 11.1 Å². The molecule has 1 fully saturated rings. The first kappa shape index (κ1) is 22.7. The summed E-state index contributed by atoms with van der Waals surface area (Å²) in [4.78, 5) is 54.7. The Morgan fingerprint density at radius 3 is 2.50 bits per heavy atom. The molecule has 2 aromatic heterocycles. The number of imide groups is 2. The van der Waals surface area contributed by atoms with E-state index in [1.54, 1.807) is 24.3 Å². The summed E-state index contributed by atoms with van der Waals surface area (Å²) in [7, 11) is 1.33. The van der Waals surface area contributed by atoms with Crippen LogP contribution in [-0.4, -0.2) is 40.5 Å². The maximum Gasteiger partial charge on any atom is 0.337 e. The highest BCUT2D eigenvalue weighted by molar-refractivity contribution is 6.39. The minimum atomic E-state index is -0.827. The van der Waals surface area contributed by atoms with Crippen molar-refractivity contribution in [3.05, 3.63) is 82.4 Å². The lowest BCUT2D eigenvalue weighted by molar-refractivity contribution is -0.122. The van der Waals surface area contributed by atoms with Gasteiger partial charge in [-0.15, -0.1) is 0 Å². The Labute approximate surface area is 195 Å². The molecule has 4 rings (SSSR count). The number of pyridine rings is 1. The Balaban J connectivity index is 1.75. The second-order valence-corrected chi connectivity index (χ2v) is 7.82. The van der Waals surface area contributed by atoms with Crippen molar-refractivity contribution < 1.29 is 23.9 Å². The maximum absolute atomic E-state index is 13.1. The predicted octanol–water partition coefficient (Wildman–Crippen LogP) is 3.25. The molecule has 1 aromatic carbocycles. The number of urea groups is 1. The van der Waals surface area contributed by atoms with E-state index in [2.05, 4.69) is 10.3 Å². The van der Waals surface area contributed by atoms with Crippen LogP contribution >= 0.6 is 0 Å². The van der Waals surface area contributed by atoms with Crippen LogP contribution in [0.3, 0.4) is 0 Å². The summed E-state index contributed by atoms with van der Waals surface area (Å²) in [5.41, 5.74) is 4.52. The average molecular weight is 458 g/mol. The van der Waals surface area contributed by atoms with Gasteiger partial charge in [-0.3, -0.25) is 19.9 Å². The van der Waals surface area contributed by atoms with E-state index in [1.165, 1.54) is 25.6 Å². The van der Waals surface area contributed by atoms with E-state index in [4.69, 9.17) is 4.74 Å². The van der Waals surface area contributed by atoms with Crippen LogP contribution in [0.2, 0.25) is 0 Å². The molecule has 9 nitrogen and oxygen atoms in total. The summed E-state index contributed by atoms with van der Waals surface area (Å²) in [5.74, 6) is -1.92. The molecule has 0 aliphatic carbocycles. The molecule has 1 aliphatic heterocycles. The number of anilines is 1. The van der Waals surface area contributed by atoms with Crippen LogP contribution < -0.4 is 10.2 Å². The summed E-state index contributed by atoms with van der Waals surface area (Å²) in [6, 6.07) is 9.42. The number of aromatic nitrogens is 2. The van der Waals surface area contributed by atoms with Crippen LogP contribution in [0, 0.1) is 20.8 Å². The van der Waals surface area contributed by atoms with Crippen LogP contribution in [0.25, 0.3) is 11.8 Å². The average Bonchev–Trinajstić information content (AvgIpc) is 3.09. The van der Waals surface area contributed by atoms with Crippen molar-refractivity contribution in [1.82, 2.24) is 14.9 Å². The third-order valence-electron chi connectivity index (χ3n) is 5.63. The molecule has 9 heteroatoms. The third kappa shape index (κ3) is 3.88. The Morgan fingerprint density at radius 2 is 1.85 bits per heavy atom. The van der Waals surface area contributed by atoms with E-state index in [-0.39, 0.29) is 11.3 Å². The van der Waals surface area contributed by atoms with Crippen LogP contribution in [0.4, 0.5) is 10.5 Å². The van der Waals surface area contributed by atoms with E-state index in [1.807, 2.05) is 37.5 Å². The molecule has 0 bridgehead atoms. The fourth-order valence-corrected chi connectivity index (χ4v) is 3.99. The molecule has 0 unspecified atom stereocenters. The minimum Gasteiger partial charge on any atom is -0.465 e. The Bertz CT molecular complexity index is 1370. The molecule has 0 spiro atoms. The highest BCUT2D eigenvalue weighted by atomic mass is 16.5. The van der Waals surface area contributed by atoms with E-state index in [9.17, 15) is 19.2 Å².